The van der Waals surface area contributed by atoms with Crippen LogP contribution in [-0.4, -0.2) is 107 Å². The maximum atomic E-state index is 14.2. The monoisotopic (exact) mass is 775 g/mol. The van der Waals surface area contributed by atoms with E-state index in [9.17, 15) is 13.2 Å². The van der Waals surface area contributed by atoms with Gasteiger partial charge in [-0.25, -0.2) is 13.4 Å². The number of carbonyl (C=O) groups is 1. The Balaban J connectivity index is 1.23. The zero-order valence-electron chi connectivity index (χ0n) is 32.2. The third-order valence-electron chi connectivity index (χ3n) is 10.9. The summed E-state index contributed by atoms with van der Waals surface area (Å²) in [7, 11) is 7.18. The van der Waals surface area contributed by atoms with Gasteiger partial charge in [0.2, 0.25) is 15.9 Å². The highest BCUT2D eigenvalue weighted by Crippen LogP contribution is 2.38. The molecule has 1 aromatic heterocycles. The van der Waals surface area contributed by atoms with E-state index in [1.807, 2.05) is 43.0 Å². The number of unbranched alkanes of at least 4 members (excludes halogenated alkanes) is 2. The lowest BCUT2D eigenvalue weighted by Crippen LogP contribution is -2.59. The van der Waals surface area contributed by atoms with Crippen molar-refractivity contribution >= 4 is 50.0 Å². The van der Waals surface area contributed by atoms with Crippen molar-refractivity contribution in [3.05, 3.63) is 63.3 Å². The molecule has 2 heterocycles. The summed E-state index contributed by atoms with van der Waals surface area (Å²) in [6, 6.07) is 10.7. The number of carbonyl (C=O) groups excluding carboxylic acids is 1. The van der Waals surface area contributed by atoms with Gasteiger partial charge in [0.1, 0.15) is 28.3 Å². The van der Waals surface area contributed by atoms with E-state index in [-0.39, 0.29) is 22.4 Å². The molecule has 0 atom stereocenters. The fraction of sp³-hybridized carbons (Fsp3) is 0.600. The molecule has 1 saturated carbocycles. The van der Waals surface area contributed by atoms with Gasteiger partial charge >= 0.3 is 0 Å². The van der Waals surface area contributed by atoms with Gasteiger partial charge in [0.25, 0.3) is 0 Å². The second kappa shape index (κ2) is 16.5. The van der Waals surface area contributed by atoms with Crippen molar-refractivity contribution in [3.63, 3.8) is 0 Å². The molecule has 9 nitrogen and oxygen atoms in total. The van der Waals surface area contributed by atoms with E-state index in [0.29, 0.717) is 53.7 Å². The number of hydrogen-bond acceptors (Lipinski definition) is 5. The van der Waals surface area contributed by atoms with Gasteiger partial charge in [-0.3, -0.25) is 4.79 Å². The van der Waals surface area contributed by atoms with E-state index >= 15 is 0 Å². The minimum absolute atomic E-state index is 0.0175. The largest absolute Gasteiger partial charge is 0.487 e. The van der Waals surface area contributed by atoms with Crippen LogP contribution in [0.1, 0.15) is 74.6 Å². The van der Waals surface area contributed by atoms with E-state index in [4.69, 9.17) is 27.9 Å². The van der Waals surface area contributed by atoms with Crippen LogP contribution in [0.3, 0.4) is 0 Å². The number of quaternary nitrogens is 2. The lowest BCUT2D eigenvalue weighted by Gasteiger charge is -2.41. The van der Waals surface area contributed by atoms with Gasteiger partial charge in [0.05, 0.1) is 59.9 Å². The van der Waals surface area contributed by atoms with Crippen LogP contribution in [0, 0.1) is 19.8 Å². The summed E-state index contributed by atoms with van der Waals surface area (Å²) >= 11 is 13.4. The van der Waals surface area contributed by atoms with Crippen molar-refractivity contribution in [1.29, 1.82) is 0 Å². The zero-order chi connectivity index (χ0) is 37.9. The van der Waals surface area contributed by atoms with Crippen LogP contribution < -0.4 is 9.46 Å². The molecule has 1 aliphatic carbocycles. The number of halogens is 2. The Labute approximate surface area is 321 Å². The number of likely N-dealkylation sites (tertiary alicyclic amines) is 1. The number of benzene rings is 2. The van der Waals surface area contributed by atoms with Gasteiger partial charge in [-0.1, -0.05) is 48.2 Å². The van der Waals surface area contributed by atoms with Crippen molar-refractivity contribution < 1.29 is 26.9 Å². The van der Waals surface area contributed by atoms with Crippen LogP contribution in [0.2, 0.25) is 10.0 Å². The van der Waals surface area contributed by atoms with Crippen molar-refractivity contribution in [2.24, 2.45) is 5.92 Å². The number of sulfonamides is 1. The molecule has 52 heavy (non-hydrogen) atoms. The fourth-order valence-corrected chi connectivity index (χ4v) is 10.4. The highest BCUT2D eigenvalue weighted by atomic mass is 35.5. The Morgan fingerprint density at radius 2 is 1.65 bits per heavy atom. The minimum Gasteiger partial charge on any atom is -0.487 e. The number of aromatic nitrogens is 1. The van der Waals surface area contributed by atoms with Crippen molar-refractivity contribution in [2.75, 3.05) is 68.0 Å². The fourth-order valence-electron chi connectivity index (χ4n) is 8.10. The Morgan fingerprint density at radius 1 is 0.981 bits per heavy atom. The molecule has 1 N–H and O–H groups in total. The quantitative estimate of drug-likeness (QED) is 0.128. The van der Waals surface area contributed by atoms with E-state index in [1.165, 1.54) is 37.9 Å². The number of para-hydroxylation sites is 1. The molecule has 0 unspecified atom stereocenters. The molecule has 2 aliphatic rings. The molecule has 1 aliphatic heterocycles. The van der Waals surface area contributed by atoms with Gasteiger partial charge < -0.3 is 18.6 Å². The summed E-state index contributed by atoms with van der Waals surface area (Å²) in [5.74, 6) is 0.962. The summed E-state index contributed by atoms with van der Waals surface area (Å²) in [5.41, 5.74) is 1.82. The molecular weight excluding hydrogens is 717 g/mol. The molecule has 12 heteroatoms. The molecule has 0 radical (unpaired) electrons. The molecule has 0 bridgehead atoms. The predicted octanol–water partition coefficient (Wildman–Crippen LogP) is 7.52. The second-order valence-corrected chi connectivity index (χ2v) is 19.3. The third kappa shape index (κ3) is 9.98. The number of amides is 1. The predicted molar refractivity (Wildman–Crippen MR) is 211 cm³/mol. The molecule has 1 saturated heterocycles. The van der Waals surface area contributed by atoms with Crippen molar-refractivity contribution in [3.8, 4) is 5.75 Å². The second-order valence-electron chi connectivity index (χ2n) is 16.9. The molecule has 1 amide bonds. The minimum atomic E-state index is -4.20. The lowest BCUT2D eigenvalue weighted by atomic mass is 9.91. The van der Waals surface area contributed by atoms with Crippen LogP contribution in [0.4, 0.5) is 0 Å². The Bertz CT molecular complexity index is 1850. The molecule has 286 valence electrons. The average molecular weight is 777 g/mol. The summed E-state index contributed by atoms with van der Waals surface area (Å²) < 4.78 is 39.3. The first-order valence-corrected chi connectivity index (χ1v) is 21.1. The molecule has 5 rings (SSSR count). The maximum Gasteiger partial charge on any atom is 0.243 e. The number of rotatable bonds is 15. The first kappa shape index (κ1) is 40.7. The van der Waals surface area contributed by atoms with E-state index in [2.05, 4.69) is 44.9 Å². The Morgan fingerprint density at radius 3 is 2.33 bits per heavy atom. The number of fused-ring (bicyclic) bond motifs is 1. The van der Waals surface area contributed by atoms with Gasteiger partial charge in [-0.2, -0.15) is 4.72 Å². The number of hydrogen-bond donors (Lipinski definition) is 1. The van der Waals surface area contributed by atoms with Crippen molar-refractivity contribution in [1.82, 2.24) is 14.6 Å². The first-order chi connectivity index (χ1) is 24.4. The van der Waals surface area contributed by atoms with Crippen LogP contribution >= 0.6 is 23.2 Å². The maximum absolute atomic E-state index is 14.2. The molecular formula is C40H59Cl2N5O4S+2. The van der Waals surface area contributed by atoms with E-state index in [0.717, 1.165) is 64.4 Å². The van der Waals surface area contributed by atoms with Gasteiger partial charge in [-0.05, 0) is 88.6 Å². The van der Waals surface area contributed by atoms with Gasteiger partial charge in [0, 0.05) is 40.7 Å². The number of piperidine rings is 1. The molecule has 0 spiro atoms. The Hall–Kier alpha value is -2.47. The van der Waals surface area contributed by atoms with E-state index < -0.39 is 15.6 Å². The number of nitrogens with one attached hydrogen (secondary N) is 1. The average Bonchev–Trinajstić information content (AvgIpc) is 3.52. The molecule has 3 aromatic rings. The molecule has 2 aromatic carbocycles. The molecule has 2 fully saturated rings. The number of nitrogens with zero attached hydrogens (tertiary/aromatic N) is 4. The third-order valence-corrected chi connectivity index (χ3v) is 13.4. The highest BCUT2D eigenvalue weighted by molar-refractivity contribution is 7.89. The number of aryl methyl sites for hydroxylation is 2. The van der Waals surface area contributed by atoms with Gasteiger partial charge in [0.15, 0.2) is 0 Å². The van der Waals surface area contributed by atoms with Gasteiger partial charge in [-0.15, -0.1) is 0 Å². The van der Waals surface area contributed by atoms with Crippen LogP contribution in [0.5, 0.6) is 5.75 Å². The lowest BCUT2D eigenvalue weighted by molar-refractivity contribution is -0.894. The number of pyridine rings is 1. The summed E-state index contributed by atoms with van der Waals surface area (Å²) in [6.07, 6.45) is 8.03. The van der Waals surface area contributed by atoms with Crippen LogP contribution in [0.15, 0.2) is 41.3 Å². The summed E-state index contributed by atoms with van der Waals surface area (Å²) in [5, 5.41) is 1.24. The first-order valence-electron chi connectivity index (χ1n) is 18.8. The van der Waals surface area contributed by atoms with Crippen LogP contribution in [-0.2, 0) is 21.4 Å². The van der Waals surface area contributed by atoms with E-state index in [1.54, 1.807) is 0 Å². The SMILES string of the molecule is Cc1cc(C)c2cccc(OCc3c(Cl)ccc(S(=O)(=O)NC4(C(=O)N5CCC(C[N+](C)(C)CCCCC[N+](C)(C)C)CC5)CCCC4)c3Cl)c2n1. The Kier molecular flexibility index (Phi) is 12.9. The zero-order valence-corrected chi connectivity index (χ0v) is 34.6. The highest BCUT2D eigenvalue weighted by Gasteiger charge is 2.47. The van der Waals surface area contributed by atoms with Crippen molar-refractivity contribution in [2.45, 2.75) is 88.7 Å². The smallest absolute Gasteiger partial charge is 0.243 e. The van der Waals surface area contributed by atoms with Crippen LogP contribution in [0.25, 0.3) is 10.9 Å². The number of ether oxygens (including phenoxy) is 1. The summed E-state index contributed by atoms with van der Waals surface area (Å²) in [4.78, 5) is 20.7. The normalized spacial score (nSPS) is 17.2. The standard InChI is InChI=1S/C40H59Cl2N5O4S/c1-29-26-30(2)43-38-32(29)14-13-15-35(38)51-28-33-34(41)16-17-36(37(33)42)52(49,50)44-40(20-9-10-21-40)39(48)45-22-18-31(19-23-45)27-47(6,7)25-12-8-11-24-46(3,4)5/h13-17,26,31,44H,8-12,18-25,27-28H2,1-7H3/q+2. The topological polar surface area (TPSA) is 88.6 Å². The summed E-state index contributed by atoms with van der Waals surface area (Å²) in [6.45, 7) is 8.63.